The molecule has 0 saturated heterocycles. The number of benzene rings is 2. The number of hydrogen-bond acceptors (Lipinski definition) is 3. The molecule has 0 radical (unpaired) electrons. The van der Waals surface area contributed by atoms with Gasteiger partial charge in [-0.25, -0.2) is 0 Å². The van der Waals surface area contributed by atoms with Crippen molar-refractivity contribution in [1.29, 1.82) is 0 Å². The van der Waals surface area contributed by atoms with Crippen LogP contribution in [0.25, 0.3) is 0 Å². The average Bonchev–Trinajstić information content (AvgIpc) is 2.75. The van der Waals surface area contributed by atoms with Gasteiger partial charge >= 0.3 is 0 Å². The van der Waals surface area contributed by atoms with Gasteiger partial charge in [0.15, 0.2) is 0 Å². The van der Waals surface area contributed by atoms with Gasteiger partial charge in [-0.2, -0.15) is 0 Å². The zero-order valence-electron chi connectivity index (χ0n) is 18.0. The Balaban J connectivity index is 1.96. The van der Waals surface area contributed by atoms with Crippen molar-refractivity contribution < 1.29 is 14.3 Å². The number of rotatable bonds is 11. The van der Waals surface area contributed by atoms with Crippen molar-refractivity contribution in [2.24, 2.45) is 0 Å². The molecule has 0 bridgehead atoms. The molecule has 0 aliphatic rings. The molecule has 2 amide bonds. The van der Waals surface area contributed by atoms with E-state index in [0.717, 1.165) is 23.3 Å². The molecule has 5 nitrogen and oxygen atoms in total. The highest BCUT2D eigenvalue weighted by molar-refractivity contribution is 6.30. The third-order valence-corrected chi connectivity index (χ3v) is 5.06. The molecule has 0 unspecified atom stereocenters. The molecule has 0 heterocycles. The highest BCUT2D eigenvalue weighted by Crippen LogP contribution is 2.16. The van der Waals surface area contributed by atoms with Gasteiger partial charge in [0.05, 0.1) is 6.61 Å². The van der Waals surface area contributed by atoms with Gasteiger partial charge < -0.3 is 15.0 Å². The summed E-state index contributed by atoms with van der Waals surface area (Å²) < 4.78 is 5.67. The first-order valence-electron chi connectivity index (χ1n) is 10.4. The fourth-order valence-electron chi connectivity index (χ4n) is 2.96. The molecule has 1 atom stereocenters. The molecule has 0 aliphatic carbocycles. The second kappa shape index (κ2) is 12.2. The summed E-state index contributed by atoms with van der Waals surface area (Å²) in [6.07, 6.45) is 1.73. The lowest BCUT2D eigenvalue weighted by Crippen LogP contribution is -2.47. The molecule has 162 valence electrons. The molecule has 2 aromatic carbocycles. The molecule has 0 fully saturated rings. The number of aryl methyl sites for hydroxylation is 1. The Labute approximate surface area is 184 Å². The summed E-state index contributed by atoms with van der Waals surface area (Å²) in [5.74, 6) is 0.528. The summed E-state index contributed by atoms with van der Waals surface area (Å²) in [4.78, 5) is 27.1. The lowest BCUT2D eigenvalue weighted by Gasteiger charge is -2.29. The van der Waals surface area contributed by atoms with Crippen LogP contribution in [-0.2, 0) is 16.1 Å². The summed E-state index contributed by atoms with van der Waals surface area (Å²) >= 11 is 5.87. The standard InChI is InChI=1S/C24H31ClN2O3/c1-4-15-26-24(29)19(3)27(17-20-9-7-18(2)8-10-20)23(28)6-5-16-30-22-13-11-21(25)12-14-22/h7-14,19H,4-6,15-17H2,1-3H3,(H,26,29)/t19-/m0/s1. The molecule has 1 N–H and O–H groups in total. The topological polar surface area (TPSA) is 58.6 Å². The molecule has 0 spiro atoms. The predicted molar refractivity (Wildman–Crippen MR) is 121 cm³/mol. The second-order valence-electron chi connectivity index (χ2n) is 7.38. The summed E-state index contributed by atoms with van der Waals surface area (Å²) in [6.45, 7) is 7.22. The molecule has 2 aromatic rings. The van der Waals surface area contributed by atoms with Gasteiger partial charge in [-0.05, 0) is 56.5 Å². The molecule has 0 saturated carbocycles. The number of halogens is 1. The number of carbonyl (C=O) groups is 2. The zero-order chi connectivity index (χ0) is 21.9. The summed E-state index contributed by atoms with van der Waals surface area (Å²) in [5.41, 5.74) is 2.16. The van der Waals surface area contributed by atoms with Gasteiger partial charge in [0, 0.05) is 24.5 Å². The Morgan fingerprint density at radius 3 is 2.40 bits per heavy atom. The summed E-state index contributed by atoms with van der Waals surface area (Å²) in [6, 6.07) is 14.6. The van der Waals surface area contributed by atoms with Gasteiger partial charge in [-0.3, -0.25) is 9.59 Å². The Hall–Kier alpha value is -2.53. The van der Waals surface area contributed by atoms with E-state index in [1.807, 2.05) is 38.1 Å². The van der Waals surface area contributed by atoms with E-state index in [0.29, 0.717) is 37.6 Å². The Morgan fingerprint density at radius 2 is 1.77 bits per heavy atom. The van der Waals surface area contributed by atoms with Crippen LogP contribution in [0, 0.1) is 6.92 Å². The van der Waals surface area contributed by atoms with E-state index in [1.54, 1.807) is 36.1 Å². The third kappa shape index (κ3) is 7.71. The number of amides is 2. The zero-order valence-corrected chi connectivity index (χ0v) is 18.7. The molecular weight excluding hydrogens is 400 g/mol. The predicted octanol–water partition coefficient (Wildman–Crippen LogP) is 4.75. The second-order valence-corrected chi connectivity index (χ2v) is 7.82. The molecular formula is C24H31ClN2O3. The third-order valence-electron chi connectivity index (χ3n) is 4.81. The number of nitrogens with one attached hydrogen (secondary N) is 1. The van der Waals surface area contributed by atoms with Crippen LogP contribution >= 0.6 is 11.6 Å². The van der Waals surface area contributed by atoms with E-state index in [2.05, 4.69) is 5.32 Å². The minimum absolute atomic E-state index is 0.0607. The van der Waals surface area contributed by atoms with Crippen molar-refractivity contribution in [3.8, 4) is 5.75 Å². The van der Waals surface area contributed by atoms with Crippen LogP contribution in [0.5, 0.6) is 5.75 Å². The van der Waals surface area contributed by atoms with Gasteiger partial charge in [-0.1, -0.05) is 48.4 Å². The normalized spacial score (nSPS) is 11.6. The van der Waals surface area contributed by atoms with Gasteiger partial charge in [0.1, 0.15) is 11.8 Å². The molecule has 6 heteroatoms. The van der Waals surface area contributed by atoms with Crippen LogP contribution in [0.4, 0.5) is 0 Å². The molecule has 0 aliphatic heterocycles. The minimum atomic E-state index is -0.539. The Kier molecular flexibility index (Phi) is 9.68. The molecule has 0 aromatic heterocycles. The van der Waals surface area contributed by atoms with Crippen molar-refractivity contribution in [2.45, 2.75) is 52.6 Å². The van der Waals surface area contributed by atoms with Crippen molar-refractivity contribution >= 4 is 23.4 Å². The number of ether oxygens (including phenoxy) is 1. The summed E-state index contributed by atoms with van der Waals surface area (Å²) in [7, 11) is 0. The molecule has 30 heavy (non-hydrogen) atoms. The van der Waals surface area contributed by atoms with E-state index >= 15 is 0 Å². The largest absolute Gasteiger partial charge is 0.494 e. The van der Waals surface area contributed by atoms with Crippen molar-refractivity contribution in [3.05, 3.63) is 64.7 Å². The Morgan fingerprint density at radius 1 is 1.10 bits per heavy atom. The highest BCUT2D eigenvalue weighted by Gasteiger charge is 2.25. The van der Waals surface area contributed by atoms with E-state index in [4.69, 9.17) is 16.3 Å². The minimum Gasteiger partial charge on any atom is -0.494 e. The van der Waals surface area contributed by atoms with Crippen LogP contribution in [0.15, 0.2) is 48.5 Å². The van der Waals surface area contributed by atoms with Crippen LogP contribution in [0.2, 0.25) is 5.02 Å². The molecule has 2 rings (SSSR count). The SMILES string of the molecule is CCCNC(=O)[C@H](C)N(Cc1ccc(C)cc1)C(=O)CCCOc1ccc(Cl)cc1. The maximum Gasteiger partial charge on any atom is 0.242 e. The number of carbonyl (C=O) groups excluding carboxylic acids is 2. The number of hydrogen-bond donors (Lipinski definition) is 1. The first-order chi connectivity index (χ1) is 14.4. The first kappa shape index (κ1) is 23.7. The van der Waals surface area contributed by atoms with Crippen molar-refractivity contribution in [1.82, 2.24) is 10.2 Å². The monoisotopic (exact) mass is 430 g/mol. The number of nitrogens with zero attached hydrogens (tertiary/aromatic N) is 1. The van der Waals surface area contributed by atoms with Gasteiger partial charge in [-0.15, -0.1) is 0 Å². The maximum absolute atomic E-state index is 13.0. The fourth-order valence-corrected chi connectivity index (χ4v) is 3.08. The lowest BCUT2D eigenvalue weighted by atomic mass is 10.1. The van der Waals surface area contributed by atoms with E-state index in [-0.39, 0.29) is 11.8 Å². The smallest absolute Gasteiger partial charge is 0.242 e. The Bertz CT molecular complexity index is 806. The lowest BCUT2D eigenvalue weighted by molar-refractivity contribution is -0.140. The van der Waals surface area contributed by atoms with Crippen LogP contribution < -0.4 is 10.1 Å². The van der Waals surface area contributed by atoms with Crippen LogP contribution in [-0.4, -0.2) is 35.9 Å². The van der Waals surface area contributed by atoms with Crippen molar-refractivity contribution in [2.75, 3.05) is 13.2 Å². The highest BCUT2D eigenvalue weighted by atomic mass is 35.5. The van der Waals surface area contributed by atoms with E-state index in [9.17, 15) is 9.59 Å². The van der Waals surface area contributed by atoms with E-state index < -0.39 is 6.04 Å². The van der Waals surface area contributed by atoms with Crippen molar-refractivity contribution in [3.63, 3.8) is 0 Å². The summed E-state index contributed by atoms with van der Waals surface area (Å²) in [5, 5.41) is 3.54. The quantitative estimate of drug-likeness (QED) is 0.523. The van der Waals surface area contributed by atoms with E-state index in [1.165, 1.54) is 0 Å². The van der Waals surface area contributed by atoms with Crippen LogP contribution in [0.3, 0.4) is 0 Å². The van der Waals surface area contributed by atoms with Gasteiger partial charge in [0.25, 0.3) is 0 Å². The van der Waals surface area contributed by atoms with Gasteiger partial charge in [0.2, 0.25) is 11.8 Å². The average molecular weight is 431 g/mol. The fraction of sp³-hybridized carbons (Fsp3) is 0.417. The first-order valence-corrected chi connectivity index (χ1v) is 10.8. The van der Waals surface area contributed by atoms with Crippen LogP contribution in [0.1, 0.15) is 44.2 Å². The maximum atomic E-state index is 13.0.